The second-order valence-electron chi connectivity index (χ2n) is 6.64. The molecule has 4 heteroatoms. The molecule has 0 aliphatic carbocycles. The summed E-state index contributed by atoms with van der Waals surface area (Å²) < 4.78 is 56.7. The lowest BCUT2D eigenvalue weighted by molar-refractivity contribution is 0.499. The van der Waals surface area contributed by atoms with Crippen LogP contribution in [0.3, 0.4) is 0 Å². The summed E-state index contributed by atoms with van der Waals surface area (Å²) in [6, 6.07) is 12.5. The highest BCUT2D eigenvalue weighted by atomic mass is 19.2. The van der Waals surface area contributed by atoms with E-state index in [1.807, 2.05) is 6.92 Å². The number of halogens is 4. The van der Waals surface area contributed by atoms with Crippen LogP contribution >= 0.6 is 0 Å². The standard InChI is InChI=1S/C23H20F4/c1-3-4-5-17-11-13-19(23(27)21(17)25)16-9-7-15(8-10-16)18-12-6-14(2)20(24)22(18)26/h6-13H,3-5H2,1-2H3. The highest BCUT2D eigenvalue weighted by molar-refractivity contribution is 5.71. The zero-order chi connectivity index (χ0) is 19.6. The molecule has 0 fully saturated rings. The van der Waals surface area contributed by atoms with Crippen LogP contribution in [0, 0.1) is 30.2 Å². The summed E-state index contributed by atoms with van der Waals surface area (Å²) in [7, 11) is 0. The van der Waals surface area contributed by atoms with Crippen LogP contribution in [0.1, 0.15) is 30.9 Å². The summed E-state index contributed by atoms with van der Waals surface area (Å²) in [5.74, 6) is -3.51. The molecule has 0 atom stereocenters. The molecule has 0 radical (unpaired) electrons. The van der Waals surface area contributed by atoms with Crippen molar-refractivity contribution >= 4 is 0 Å². The largest absolute Gasteiger partial charge is 0.203 e. The lowest BCUT2D eigenvalue weighted by atomic mass is 9.97. The normalized spacial score (nSPS) is 11.0. The third-order valence-electron chi connectivity index (χ3n) is 4.74. The van der Waals surface area contributed by atoms with Gasteiger partial charge in [-0.05, 0) is 42.0 Å². The summed E-state index contributed by atoms with van der Waals surface area (Å²) in [5, 5.41) is 0. The molecule has 3 rings (SSSR count). The molecule has 27 heavy (non-hydrogen) atoms. The van der Waals surface area contributed by atoms with E-state index in [9.17, 15) is 17.6 Å². The minimum atomic E-state index is -0.916. The number of aryl methyl sites for hydroxylation is 2. The number of unbranched alkanes of at least 4 members (excludes halogenated alkanes) is 1. The van der Waals surface area contributed by atoms with Gasteiger partial charge >= 0.3 is 0 Å². The maximum absolute atomic E-state index is 14.5. The molecule has 0 heterocycles. The molecule has 0 bridgehead atoms. The quantitative estimate of drug-likeness (QED) is 0.415. The van der Waals surface area contributed by atoms with E-state index < -0.39 is 23.3 Å². The highest BCUT2D eigenvalue weighted by Crippen LogP contribution is 2.31. The number of rotatable bonds is 5. The van der Waals surface area contributed by atoms with Gasteiger partial charge in [-0.15, -0.1) is 0 Å². The predicted octanol–water partition coefficient (Wildman–Crippen LogP) is 7.23. The Balaban J connectivity index is 1.94. The van der Waals surface area contributed by atoms with Gasteiger partial charge in [-0.25, -0.2) is 17.6 Å². The first-order chi connectivity index (χ1) is 12.9. The summed E-state index contributed by atoms with van der Waals surface area (Å²) >= 11 is 0. The van der Waals surface area contributed by atoms with Gasteiger partial charge in [0, 0.05) is 11.1 Å². The Labute approximate surface area is 156 Å². The van der Waals surface area contributed by atoms with Crippen LogP contribution in [0.5, 0.6) is 0 Å². The van der Waals surface area contributed by atoms with E-state index in [-0.39, 0.29) is 16.7 Å². The molecular formula is C23H20F4. The second-order valence-corrected chi connectivity index (χ2v) is 6.64. The van der Waals surface area contributed by atoms with E-state index in [2.05, 4.69) is 0 Å². The molecule has 0 N–H and O–H groups in total. The fourth-order valence-corrected chi connectivity index (χ4v) is 3.07. The van der Waals surface area contributed by atoms with Gasteiger partial charge in [-0.1, -0.05) is 61.9 Å². The van der Waals surface area contributed by atoms with Gasteiger partial charge in [-0.2, -0.15) is 0 Å². The predicted molar refractivity (Wildman–Crippen MR) is 100 cm³/mol. The number of hydrogen-bond donors (Lipinski definition) is 0. The lowest BCUT2D eigenvalue weighted by Crippen LogP contribution is -1.97. The van der Waals surface area contributed by atoms with Gasteiger partial charge in [0.15, 0.2) is 23.3 Å². The molecule has 0 aromatic heterocycles. The fraction of sp³-hybridized carbons (Fsp3) is 0.217. The first-order valence-corrected chi connectivity index (χ1v) is 8.96. The summed E-state index contributed by atoms with van der Waals surface area (Å²) in [5.41, 5.74) is 1.82. The van der Waals surface area contributed by atoms with E-state index in [4.69, 9.17) is 0 Å². The summed E-state index contributed by atoms with van der Waals surface area (Å²) in [6.45, 7) is 3.49. The van der Waals surface area contributed by atoms with Gasteiger partial charge < -0.3 is 0 Å². The zero-order valence-electron chi connectivity index (χ0n) is 15.3. The molecule has 3 aromatic carbocycles. The average molecular weight is 372 g/mol. The van der Waals surface area contributed by atoms with Crippen molar-refractivity contribution < 1.29 is 17.6 Å². The lowest BCUT2D eigenvalue weighted by Gasteiger charge is -2.10. The Morgan fingerprint density at radius 1 is 0.630 bits per heavy atom. The molecular weight excluding hydrogens is 352 g/mol. The summed E-state index contributed by atoms with van der Waals surface area (Å²) in [4.78, 5) is 0. The van der Waals surface area contributed by atoms with Gasteiger partial charge in [0.2, 0.25) is 0 Å². The Bertz CT molecular complexity index is 959. The fourth-order valence-electron chi connectivity index (χ4n) is 3.07. The first kappa shape index (κ1) is 19.2. The van der Waals surface area contributed by atoms with E-state index in [1.165, 1.54) is 19.1 Å². The molecule has 0 aliphatic heterocycles. The van der Waals surface area contributed by atoms with Crippen molar-refractivity contribution in [3.05, 3.63) is 82.9 Å². The van der Waals surface area contributed by atoms with Crippen molar-refractivity contribution in [2.24, 2.45) is 0 Å². The molecule has 0 nitrogen and oxygen atoms in total. The van der Waals surface area contributed by atoms with Crippen molar-refractivity contribution in [2.75, 3.05) is 0 Å². The topological polar surface area (TPSA) is 0 Å². The zero-order valence-corrected chi connectivity index (χ0v) is 15.3. The maximum atomic E-state index is 14.5. The average Bonchev–Trinajstić information content (AvgIpc) is 2.68. The number of hydrogen-bond acceptors (Lipinski definition) is 0. The van der Waals surface area contributed by atoms with E-state index in [0.29, 0.717) is 23.1 Å². The highest BCUT2D eigenvalue weighted by Gasteiger charge is 2.16. The minimum Gasteiger partial charge on any atom is -0.203 e. The van der Waals surface area contributed by atoms with E-state index >= 15 is 0 Å². The van der Waals surface area contributed by atoms with Crippen molar-refractivity contribution in [1.29, 1.82) is 0 Å². The van der Waals surface area contributed by atoms with Crippen LogP contribution in [0.4, 0.5) is 17.6 Å². The summed E-state index contributed by atoms with van der Waals surface area (Å²) in [6.07, 6.45) is 2.19. The number of benzene rings is 3. The third-order valence-corrected chi connectivity index (χ3v) is 4.74. The minimum absolute atomic E-state index is 0.131. The Morgan fingerprint density at radius 2 is 1.15 bits per heavy atom. The van der Waals surface area contributed by atoms with Crippen LogP contribution < -0.4 is 0 Å². The molecule has 140 valence electrons. The Kier molecular flexibility index (Phi) is 5.64. The van der Waals surface area contributed by atoms with Gasteiger partial charge in [0.25, 0.3) is 0 Å². The van der Waals surface area contributed by atoms with Crippen LogP contribution in [-0.2, 0) is 6.42 Å². The van der Waals surface area contributed by atoms with Gasteiger partial charge in [0.1, 0.15) is 0 Å². The molecule has 0 saturated carbocycles. The molecule has 0 saturated heterocycles. The van der Waals surface area contributed by atoms with Crippen LogP contribution in [0.15, 0.2) is 48.5 Å². The van der Waals surface area contributed by atoms with Crippen molar-refractivity contribution in [3.8, 4) is 22.3 Å². The molecule has 0 unspecified atom stereocenters. The molecule has 0 spiro atoms. The molecule has 0 amide bonds. The van der Waals surface area contributed by atoms with Gasteiger partial charge in [0.05, 0.1) is 0 Å². The smallest absolute Gasteiger partial charge is 0.166 e. The molecule has 0 aliphatic rings. The second kappa shape index (κ2) is 7.95. The maximum Gasteiger partial charge on any atom is 0.166 e. The van der Waals surface area contributed by atoms with Crippen LogP contribution in [-0.4, -0.2) is 0 Å². The van der Waals surface area contributed by atoms with Crippen molar-refractivity contribution in [1.82, 2.24) is 0 Å². The SMILES string of the molecule is CCCCc1ccc(-c2ccc(-c3ccc(C)c(F)c3F)cc2)c(F)c1F. The van der Waals surface area contributed by atoms with Gasteiger partial charge in [-0.3, -0.25) is 0 Å². The Hall–Kier alpha value is -2.62. The first-order valence-electron chi connectivity index (χ1n) is 8.96. The van der Waals surface area contributed by atoms with Crippen molar-refractivity contribution in [3.63, 3.8) is 0 Å². The third kappa shape index (κ3) is 3.75. The van der Waals surface area contributed by atoms with Crippen molar-refractivity contribution in [2.45, 2.75) is 33.1 Å². The van der Waals surface area contributed by atoms with Crippen LogP contribution in [0.25, 0.3) is 22.3 Å². The van der Waals surface area contributed by atoms with E-state index in [0.717, 1.165) is 12.8 Å². The monoisotopic (exact) mass is 372 g/mol. The molecule has 3 aromatic rings. The van der Waals surface area contributed by atoms with Crippen LogP contribution in [0.2, 0.25) is 0 Å². The van der Waals surface area contributed by atoms with E-state index in [1.54, 1.807) is 36.4 Å². The Morgan fingerprint density at radius 3 is 1.70 bits per heavy atom.